The Bertz CT molecular complexity index is 142. The fourth-order valence-electron chi connectivity index (χ4n) is 0.456. The zero-order valence-corrected chi connectivity index (χ0v) is 10.8. The van der Waals surface area contributed by atoms with Gasteiger partial charge < -0.3 is 9.90 Å². The molecule has 0 aliphatic carbocycles. The van der Waals surface area contributed by atoms with Crippen LogP contribution in [-0.4, -0.2) is 23.3 Å². The second kappa shape index (κ2) is 19.0. The van der Waals surface area contributed by atoms with E-state index in [2.05, 4.69) is 0 Å². The minimum Gasteiger partial charge on any atom is -0.397 e. The van der Waals surface area contributed by atoms with Crippen molar-refractivity contribution in [3.8, 4) is 0 Å². The predicted molar refractivity (Wildman–Crippen MR) is 63.9 cm³/mol. The topological polar surface area (TPSA) is 54.4 Å². The van der Waals surface area contributed by atoms with E-state index in [1.165, 1.54) is 0 Å². The quantitative estimate of drug-likeness (QED) is 0.789. The molecule has 0 aromatic rings. The fourth-order valence-corrected chi connectivity index (χ4v) is 0.456. The lowest BCUT2D eigenvalue weighted by molar-refractivity contribution is -0.119. The summed E-state index contributed by atoms with van der Waals surface area (Å²) < 4.78 is 0. The monoisotopic (exact) mass is 218 g/mol. The van der Waals surface area contributed by atoms with E-state index in [0.717, 1.165) is 12.8 Å². The van der Waals surface area contributed by atoms with Gasteiger partial charge in [-0.1, -0.05) is 20.8 Å². The van der Waals surface area contributed by atoms with Crippen molar-refractivity contribution >= 4 is 11.6 Å². The highest BCUT2D eigenvalue weighted by atomic mass is 16.2. The molecule has 0 bridgehead atoms. The van der Waals surface area contributed by atoms with Crippen molar-refractivity contribution in [1.82, 2.24) is 0 Å². The highest BCUT2D eigenvalue weighted by molar-refractivity contribution is 5.77. The van der Waals surface area contributed by atoms with E-state index < -0.39 is 0 Å². The maximum Gasteiger partial charge on any atom is 0.132 e. The van der Waals surface area contributed by atoms with Crippen LogP contribution in [0.4, 0.5) is 0 Å². The second-order valence-corrected chi connectivity index (χ2v) is 3.01. The number of carbonyl (C=O) groups excluding carboxylic acids is 2. The molecule has 0 aromatic carbocycles. The first kappa shape index (κ1) is 19.8. The maximum absolute atomic E-state index is 10.4. The first-order valence-corrected chi connectivity index (χ1v) is 5.61. The Morgan fingerprint density at radius 3 is 1.40 bits per heavy atom. The SMILES string of the molecule is CCC(C)=O.CCCC(=O)CC.CCO. The lowest BCUT2D eigenvalue weighted by Gasteiger charge is -1.87. The van der Waals surface area contributed by atoms with Gasteiger partial charge in [0.25, 0.3) is 0 Å². The molecule has 0 amide bonds. The number of hydrogen-bond donors (Lipinski definition) is 1. The molecule has 3 nitrogen and oxygen atoms in total. The Kier molecular flexibility index (Phi) is 25.0. The molecule has 0 aliphatic rings. The third-order valence-electron chi connectivity index (χ3n) is 1.42. The molecular weight excluding hydrogens is 192 g/mol. The smallest absolute Gasteiger partial charge is 0.132 e. The molecule has 92 valence electrons. The Morgan fingerprint density at radius 2 is 1.33 bits per heavy atom. The molecule has 1 N–H and O–H groups in total. The lowest BCUT2D eigenvalue weighted by Crippen LogP contribution is -1.91. The molecule has 0 saturated carbocycles. The van der Waals surface area contributed by atoms with Crippen molar-refractivity contribution in [3.05, 3.63) is 0 Å². The van der Waals surface area contributed by atoms with Crippen molar-refractivity contribution in [2.75, 3.05) is 6.61 Å². The van der Waals surface area contributed by atoms with Crippen LogP contribution in [0.5, 0.6) is 0 Å². The number of rotatable bonds is 4. The van der Waals surface area contributed by atoms with Gasteiger partial charge in [0, 0.05) is 25.9 Å². The van der Waals surface area contributed by atoms with Crippen molar-refractivity contribution in [2.45, 2.75) is 60.3 Å². The Morgan fingerprint density at radius 1 is 1.00 bits per heavy atom. The van der Waals surface area contributed by atoms with Gasteiger partial charge in [0.1, 0.15) is 11.6 Å². The largest absolute Gasteiger partial charge is 0.397 e. The summed E-state index contributed by atoms with van der Waals surface area (Å²) in [6, 6.07) is 0. The van der Waals surface area contributed by atoms with Gasteiger partial charge in [0.15, 0.2) is 0 Å². The highest BCUT2D eigenvalue weighted by Gasteiger charge is 1.91. The van der Waals surface area contributed by atoms with Gasteiger partial charge in [-0.25, -0.2) is 0 Å². The van der Waals surface area contributed by atoms with Crippen LogP contribution in [0, 0.1) is 0 Å². The summed E-state index contributed by atoms with van der Waals surface area (Å²) in [6.07, 6.45) is 3.12. The van der Waals surface area contributed by atoms with E-state index in [0.29, 0.717) is 18.6 Å². The summed E-state index contributed by atoms with van der Waals surface area (Å²) in [4.78, 5) is 20.2. The zero-order chi connectivity index (χ0) is 12.7. The Balaban J connectivity index is -0.000000158. The van der Waals surface area contributed by atoms with Gasteiger partial charge in [0.05, 0.1) is 0 Å². The summed E-state index contributed by atoms with van der Waals surface area (Å²) in [5.41, 5.74) is 0. The predicted octanol–water partition coefficient (Wildman–Crippen LogP) is 2.75. The van der Waals surface area contributed by atoms with E-state index in [1.54, 1.807) is 13.8 Å². The minimum absolute atomic E-state index is 0.250. The molecule has 15 heavy (non-hydrogen) atoms. The van der Waals surface area contributed by atoms with Crippen molar-refractivity contribution < 1.29 is 14.7 Å². The molecule has 0 aliphatic heterocycles. The summed E-state index contributed by atoms with van der Waals surface area (Å²) >= 11 is 0. The van der Waals surface area contributed by atoms with Gasteiger partial charge >= 0.3 is 0 Å². The minimum atomic E-state index is 0.250. The van der Waals surface area contributed by atoms with E-state index >= 15 is 0 Å². The van der Waals surface area contributed by atoms with Gasteiger partial charge in [-0.3, -0.25) is 4.79 Å². The lowest BCUT2D eigenvalue weighted by atomic mass is 10.2. The molecule has 0 radical (unpaired) electrons. The van der Waals surface area contributed by atoms with E-state index in [1.807, 2.05) is 20.8 Å². The van der Waals surface area contributed by atoms with Crippen LogP contribution in [0.2, 0.25) is 0 Å². The molecule has 0 saturated heterocycles. The third kappa shape index (κ3) is 42.8. The highest BCUT2D eigenvalue weighted by Crippen LogP contribution is 1.90. The van der Waals surface area contributed by atoms with Gasteiger partial charge in [-0.05, 0) is 20.3 Å². The van der Waals surface area contributed by atoms with Gasteiger partial charge in [-0.15, -0.1) is 0 Å². The van der Waals surface area contributed by atoms with Crippen molar-refractivity contribution in [3.63, 3.8) is 0 Å². The first-order valence-electron chi connectivity index (χ1n) is 5.61. The van der Waals surface area contributed by atoms with Crippen molar-refractivity contribution in [2.24, 2.45) is 0 Å². The van der Waals surface area contributed by atoms with Crippen LogP contribution in [0.15, 0.2) is 0 Å². The molecular formula is C12H26O3. The Hall–Kier alpha value is -0.700. The third-order valence-corrected chi connectivity index (χ3v) is 1.42. The molecule has 0 heterocycles. The molecule has 0 aromatic heterocycles. The van der Waals surface area contributed by atoms with Crippen LogP contribution in [-0.2, 0) is 9.59 Å². The zero-order valence-electron chi connectivity index (χ0n) is 10.8. The standard InChI is InChI=1S/C6H12O.C4H8O.C2H6O/c1-3-5-6(7)4-2;1-3-4(2)5;1-2-3/h3-5H2,1-2H3;3H2,1-2H3;3H,2H2,1H3. The van der Waals surface area contributed by atoms with E-state index in [-0.39, 0.29) is 12.4 Å². The average Bonchev–Trinajstić information content (AvgIpc) is 2.20. The van der Waals surface area contributed by atoms with E-state index in [4.69, 9.17) is 5.11 Å². The second-order valence-electron chi connectivity index (χ2n) is 3.01. The first-order chi connectivity index (χ1) is 6.99. The summed E-state index contributed by atoms with van der Waals surface area (Å²) in [5.74, 6) is 0.632. The number of carbonyl (C=O) groups is 2. The summed E-state index contributed by atoms with van der Waals surface area (Å²) in [6.45, 7) is 9.29. The Labute approximate surface area is 93.9 Å². The number of hydrogen-bond acceptors (Lipinski definition) is 3. The fraction of sp³-hybridized carbons (Fsp3) is 0.833. The van der Waals surface area contributed by atoms with Crippen molar-refractivity contribution in [1.29, 1.82) is 0 Å². The number of ketones is 2. The molecule has 0 fully saturated rings. The van der Waals surface area contributed by atoms with E-state index in [9.17, 15) is 9.59 Å². The van der Waals surface area contributed by atoms with Crippen LogP contribution >= 0.6 is 0 Å². The molecule has 0 rings (SSSR count). The normalized spacial score (nSPS) is 7.87. The number of Topliss-reactive ketones (excluding diaryl/α,β-unsaturated/α-hetero) is 2. The summed E-state index contributed by atoms with van der Waals surface area (Å²) in [7, 11) is 0. The van der Waals surface area contributed by atoms with Crippen LogP contribution < -0.4 is 0 Å². The average molecular weight is 218 g/mol. The number of aliphatic hydroxyl groups is 1. The van der Waals surface area contributed by atoms with Gasteiger partial charge in [0.2, 0.25) is 0 Å². The molecule has 3 heteroatoms. The van der Waals surface area contributed by atoms with Crippen LogP contribution in [0.25, 0.3) is 0 Å². The van der Waals surface area contributed by atoms with Gasteiger partial charge in [-0.2, -0.15) is 0 Å². The molecule has 0 atom stereocenters. The molecule has 0 unspecified atom stereocenters. The van der Waals surface area contributed by atoms with Crippen LogP contribution in [0.3, 0.4) is 0 Å². The molecule has 0 spiro atoms. The summed E-state index contributed by atoms with van der Waals surface area (Å²) in [5, 5.41) is 7.57. The maximum atomic E-state index is 10.4. The number of aliphatic hydroxyl groups excluding tert-OH is 1. The van der Waals surface area contributed by atoms with Crippen LogP contribution in [0.1, 0.15) is 60.3 Å².